The Morgan fingerprint density at radius 3 is 2.17 bits per heavy atom. The SMILES string of the molecule is CC=C[Si](C)(C)N1CCCCC1. The van der Waals surface area contributed by atoms with Crippen molar-refractivity contribution in [1.82, 2.24) is 4.57 Å². The lowest BCUT2D eigenvalue weighted by Crippen LogP contribution is -2.49. The third-order valence-electron chi connectivity index (χ3n) is 2.75. The van der Waals surface area contributed by atoms with Crippen LogP contribution in [0.25, 0.3) is 0 Å². The van der Waals surface area contributed by atoms with E-state index in [0.717, 1.165) is 0 Å². The quantitative estimate of drug-likeness (QED) is 0.595. The molecule has 12 heavy (non-hydrogen) atoms. The summed E-state index contributed by atoms with van der Waals surface area (Å²) in [7, 11) is -1.15. The summed E-state index contributed by atoms with van der Waals surface area (Å²) in [6.07, 6.45) is 6.49. The largest absolute Gasteiger partial charge is 0.321 e. The highest BCUT2D eigenvalue weighted by molar-refractivity contribution is 6.79. The van der Waals surface area contributed by atoms with E-state index in [1.807, 2.05) is 0 Å². The average molecular weight is 183 g/mol. The van der Waals surface area contributed by atoms with Crippen LogP contribution in [0.4, 0.5) is 0 Å². The van der Waals surface area contributed by atoms with Gasteiger partial charge in [-0.1, -0.05) is 31.3 Å². The molecule has 0 radical (unpaired) electrons. The van der Waals surface area contributed by atoms with E-state index in [9.17, 15) is 0 Å². The van der Waals surface area contributed by atoms with Gasteiger partial charge in [0.1, 0.15) is 8.24 Å². The van der Waals surface area contributed by atoms with Crippen molar-refractivity contribution in [3.8, 4) is 0 Å². The van der Waals surface area contributed by atoms with E-state index >= 15 is 0 Å². The fourth-order valence-electron chi connectivity index (χ4n) is 1.98. The molecule has 0 spiro atoms. The lowest BCUT2D eigenvalue weighted by molar-refractivity contribution is 0.348. The zero-order valence-corrected chi connectivity index (χ0v) is 9.64. The molecular formula is C10H21NSi. The minimum Gasteiger partial charge on any atom is -0.321 e. The van der Waals surface area contributed by atoms with Gasteiger partial charge in [-0.2, -0.15) is 0 Å². The summed E-state index contributed by atoms with van der Waals surface area (Å²) in [6, 6.07) is 0. The maximum Gasteiger partial charge on any atom is 0.146 e. The van der Waals surface area contributed by atoms with Crippen LogP contribution in [0.15, 0.2) is 11.8 Å². The predicted octanol–water partition coefficient (Wildman–Crippen LogP) is 2.79. The third kappa shape index (κ3) is 2.46. The van der Waals surface area contributed by atoms with E-state index < -0.39 is 8.24 Å². The van der Waals surface area contributed by atoms with Crippen LogP contribution in [0, 0.1) is 0 Å². The van der Waals surface area contributed by atoms with E-state index in [1.54, 1.807) is 0 Å². The lowest BCUT2D eigenvalue weighted by atomic mass is 10.2. The van der Waals surface area contributed by atoms with Gasteiger partial charge in [0.15, 0.2) is 0 Å². The summed E-state index contributed by atoms with van der Waals surface area (Å²) in [4.78, 5) is 0. The fraction of sp³-hybridized carbons (Fsp3) is 0.800. The van der Waals surface area contributed by atoms with Gasteiger partial charge in [0.05, 0.1) is 0 Å². The molecule has 0 saturated carbocycles. The first kappa shape index (κ1) is 10.0. The fourth-order valence-corrected chi connectivity index (χ4v) is 4.48. The molecule has 1 fully saturated rings. The molecule has 0 aliphatic carbocycles. The molecule has 0 amide bonds. The van der Waals surface area contributed by atoms with E-state index in [0.29, 0.717) is 0 Å². The van der Waals surface area contributed by atoms with Gasteiger partial charge in [0.25, 0.3) is 0 Å². The maximum atomic E-state index is 2.72. The second-order valence-electron chi connectivity index (χ2n) is 4.20. The highest BCUT2D eigenvalue weighted by Gasteiger charge is 2.26. The first-order valence-corrected chi connectivity index (χ1v) is 8.08. The van der Waals surface area contributed by atoms with Crippen molar-refractivity contribution in [2.24, 2.45) is 0 Å². The minimum atomic E-state index is -1.15. The number of hydrogen-bond donors (Lipinski definition) is 0. The Kier molecular flexibility index (Phi) is 3.53. The molecule has 0 aromatic carbocycles. The van der Waals surface area contributed by atoms with Gasteiger partial charge in [-0.15, -0.1) is 0 Å². The molecule has 0 atom stereocenters. The first-order valence-electron chi connectivity index (χ1n) is 5.06. The minimum absolute atomic E-state index is 1.15. The van der Waals surface area contributed by atoms with Crippen molar-refractivity contribution in [2.45, 2.75) is 39.3 Å². The Hall–Kier alpha value is -0.0831. The number of nitrogens with zero attached hydrogens (tertiary/aromatic N) is 1. The Labute approximate surface area is 77.5 Å². The van der Waals surface area contributed by atoms with Crippen molar-refractivity contribution < 1.29 is 0 Å². The standard InChI is InChI=1S/C10H21NSi/c1-4-10-12(2,3)11-8-6-5-7-9-11/h4,10H,5-9H2,1-3H3. The van der Waals surface area contributed by atoms with Gasteiger partial charge in [-0.3, -0.25) is 0 Å². The van der Waals surface area contributed by atoms with Crippen molar-refractivity contribution in [3.63, 3.8) is 0 Å². The van der Waals surface area contributed by atoms with Crippen LogP contribution in [-0.2, 0) is 0 Å². The summed E-state index contributed by atoms with van der Waals surface area (Å²) in [5.41, 5.74) is 2.44. The normalized spacial score (nSPS) is 21.9. The molecule has 0 aromatic rings. The van der Waals surface area contributed by atoms with E-state index in [-0.39, 0.29) is 0 Å². The summed E-state index contributed by atoms with van der Waals surface area (Å²) in [6.45, 7) is 9.70. The summed E-state index contributed by atoms with van der Waals surface area (Å²) >= 11 is 0. The molecule has 1 saturated heterocycles. The van der Waals surface area contributed by atoms with Gasteiger partial charge in [0.2, 0.25) is 0 Å². The van der Waals surface area contributed by atoms with Gasteiger partial charge in [0, 0.05) is 0 Å². The van der Waals surface area contributed by atoms with E-state index in [2.05, 4.69) is 36.4 Å². The third-order valence-corrected chi connectivity index (χ3v) is 5.97. The highest BCUT2D eigenvalue weighted by atomic mass is 28.3. The van der Waals surface area contributed by atoms with Crippen LogP contribution in [-0.4, -0.2) is 25.9 Å². The molecule has 1 aliphatic heterocycles. The number of rotatable bonds is 2. The van der Waals surface area contributed by atoms with E-state index in [1.165, 1.54) is 32.4 Å². The number of piperidine rings is 1. The molecule has 0 bridgehead atoms. The lowest BCUT2D eigenvalue weighted by Gasteiger charge is -2.37. The van der Waals surface area contributed by atoms with Crippen molar-refractivity contribution >= 4 is 8.24 Å². The molecule has 1 rings (SSSR count). The Morgan fingerprint density at radius 2 is 1.67 bits per heavy atom. The Bertz CT molecular complexity index is 157. The first-order chi connectivity index (χ1) is 5.67. The Balaban J connectivity index is 2.53. The molecule has 0 unspecified atom stereocenters. The number of hydrogen-bond acceptors (Lipinski definition) is 1. The summed E-state index contributed by atoms with van der Waals surface area (Å²) < 4.78 is 2.72. The molecule has 1 nitrogen and oxygen atoms in total. The van der Waals surface area contributed by atoms with Crippen LogP contribution in [0.5, 0.6) is 0 Å². The number of allylic oxidation sites excluding steroid dienone is 1. The van der Waals surface area contributed by atoms with Crippen LogP contribution in [0.3, 0.4) is 0 Å². The van der Waals surface area contributed by atoms with Crippen molar-refractivity contribution in [3.05, 3.63) is 11.8 Å². The molecule has 2 heteroatoms. The topological polar surface area (TPSA) is 3.24 Å². The molecule has 0 aromatic heterocycles. The molecule has 1 heterocycles. The van der Waals surface area contributed by atoms with Gasteiger partial charge in [-0.25, -0.2) is 0 Å². The molecule has 0 N–H and O–H groups in total. The molecule has 1 aliphatic rings. The van der Waals surface area contributed by atoms with Crippen molar-refractivity contribution in [2.75, 3.05) is 13.1 Å². The van der Waals surface area contributed by atoms with Crippen LogP contribution >= 0.6 is 0 Å². The highest BCUT2D eigenvalue weighted by Crippen LogP contribution is 2.18. The second-order valence-corrected chi connectivity index (χ2v) is 8.47. The molecule has 70 valence electrons. The zero-order chi connectivity index (χ0) is 9.03. The van der Waals surface area contributed by atoms with E-state index in [4.69, 9.17) is 0 Å². The van der Waals surface area contributed by atoms with Gasteiger partial charge >= 0.3 is 0 Å². The Morgan fingerprint density at radius 1 is 1.08 bits per heavy atom. The monoisotopic (exact) mass is 183 g/mol. The maximum absolute atomic E-state index is 2.72. The van der Waals surface area contributed by atoms with Crippen LogP contribution < -0.4 is 0 Å². The molecular weight excluding hydrogens is 162 g/mol. The van der Waals surface area contributed by atoms with Crippen LogP contribution in [0.1, 0.15) is 26.2 Å². The van der Waals surface area contributed by atoms with Crippen LogP contribution in [0.2, 0.25) is 13.1 Å². The predicted molar refractivity (Wildman–Crippen MR) is 57.7 cm³/mol. The second kappa shape index (κ2) is 4.24. The smallest absolute Gasteiger partial charge is 0.146 e. The average Bonchev–Trinajstić information content (AvgIpc) is 2.06. The summed E-state index contributed by atoms with van der Waals surface area (Å²) in [5.74, 6) is 0. The summed E-state index contributed by atoms with van der Waals surface area (Å²) in [5, 5.41) is 0. The van der Waals surface area contributed by atoms with Crippen molar-refractivity contribution in [1.29, 1.82) is 0 Å². The van der Waals surface area contributed by atoms with Gasteiger partial charge < -0.3 is 4.57 Å². The van der Waals surface area contributed by atoms with Gasteiger partial charge in [-0.05, 0) is 32.9 Å². The zero-order valence-electron chi connectivity index (χ0n) is 8.64.